The summed E-state index contributed by atoms with van der Waals surface area (Å²) < 4.78 is 13.1. The molecule has 0 aromatic heterocycles. The minimum Gasteiger partial charge on any atom is -0.349 e. The Hall–Kier alpha value is -1.98. The monoisotopic (exact) mass is 268 g/mol. The van der Waals surface area contributed by atoms with Crippen molar-refractivity contribution in [3.05, 3.63) is 39.7 Å². The number of carbonyl (C=O) groups excluding carboxylic acids is 1. The number of benzene rings is 1. The summed E-state index contributed by atoms with van der Waals surface area (Å²) >= 11 is 0. The molecule has 19 heavy (non-hydrogen) atoms. The summed E-state index contributed by atoms with van der Waals surface area (Å²) in [5.41, 5.74) is -0.643. The van der Waals surface area contributed by atoms with Gasteiger partial charge in [0.1, 0.15) is 11.4 Å². The van der Waals surface area contributed by atoms with Gasteiger partial charge in [-0.25, -0.2) is 4.39 Å². The fourth-order valence-corrected chi connectivity index (χ4v) is 1.63. The molecule has 0 bridgehead atoms. The van der Waals surface area contributed by atoms with Gasteiger partial charge in [0.15, 0.2) is 0 Å². The number of amides is 1. The molecule has 1 N–H and O–H groups in total. The van der Waals surface area contributed by atoms with Crippen molar-refractivity contribution in [1.29, 1.82) is 0 Å². The molecule has 0 aliphatic heterocycles. The van der Waals surface area contributed by atoms with Crippen molar-refractivity contribution in [3.8, 4) is 0 Å². The van der Waals surface area contributed by atoms with E-state index in [1.165, 1.54) is 0 Å². The molecule has 2 unspecified atom stereocenters. The van der Waals surface area contributed by atoms with Crippen molar-refractivity contribution in [1.82, 2.24) is 5.32 Å². The third-order valence-electron chi connectivity index (χ3n) is 3.26. The SMILES string of the molecule is CCC(C)C(C)NC(=O)c1cc(F)ccc1[N+](=O)[O-]. The molecule has 0 spiro atoms. The van der Waals surface area contributed by atoms with Gasteiger partial charge < -0.3 is 5.32 Å². The third-order valence-corrected chi connectivity index (χ3v) is 3.26. The first-order valence-electron chi connectivity index (χ1n) is 6.11. The first-order chi connectivity index (χ1) is 8.86. The topological polar surface area (TPSA) is 72.2 Å². The molecule has 1 aromatic rings. The van der Waals surface area contributed by atoms with E-state index in [0.29, 0.717) is 0 Å². The zero-order valence-electron chi connectivity index (χ0n) is 11.1. The minimum atomic E-state index is -0.692. The molecule has 0 fully saturated rings. The van der Waals surface area contributed by atoms with Gasteiger partial charge in [-0.05, 0) is 25.0 Å². The lowest BCUT2D eigenvalue weighted by atomic mass is 10.0. The van der Waals surface area contributed by atoms with Crippen LogP contribution < -0.4 is 5.32 Å². The second kappa shape index (κ2) is 6.26. The number of nitro groups is 1. The summed E-state index contributed by atoms with van der Waals surface area (Å²) in [4.78, 5) is 22.1. The van der Waals surface area contributed by atoms with E-state index in [2.05, 4.69) is 5.32 Å². The molecule has 2 atom stereocenters. The summed E-state index contributed by atoms with van der Waals surface area (Å²) in [5.74, 6) is -1.07. The number of rotatable bonds is 5. The lowest BCUT2D eigenvalue weighted by Gasteiger charge is -2.19. The number of nitrogens with zero attached hydrogens (tertiary/aromatic N) is 1. The molecule has 5 nitrogen and oxygen atoms in total. The molecule has 6 heteroatoms. The number of carbonyl (C=O) groups is 1. The Morgan fingerprint density at radius 3 is 2.63 bits per heavy atom. The maximum atomic E-state index is 13.1. The largest absolute Gasteiger partial charge is 0.349 e. The van der Waals surface area contributed by atoms with Crippen molar-refractivity contribution in [2.24, 2.45) is 5.92 Å². The van der Waals surface area contributed by atoms with Gasteiger partial charge in [-0.1, -0.05) is 20.3 Å². The fraction of sp³-hybridized carbons (Fsp3) is 0.462. The van der Waals surface area contributed by atoms with E-state index in [0.717, 1.165) is 24.6 Å². The number of hydrogen-bond donors (Lipinski definition) is 1. The second-order valence-electron chi connectivity index (χ2n) is 4.57. The third kappa shape index (κ3) is 3.74. The van der Waals surface area contributed by atoms with Crippen LogP contribution in [0.25, 0.3) is 0 Å². The highest BCUT2D eigenvalue weighted by Gasteiger charge is 2.23. The zero-order valence-corrected chi connectivity index (χ0v) is 11.1. The lowest BCUT2D eigenvalue weighted by molar-refractivity contribution is -0.385. The van der Waals surface area contributed by atoms with Gasteiger partial charge in [-0.2, -0.15) is 0 Å². The van der Waals surface area contributed by atoms with Gasteiger partial charge in [0.2, 0.25) is 0 Å². The Labute approximate surface area is 111 Å². The number of nitro benzene ring substituents is 1. The quantitative estimate of drug-likeness (QED) is 0.659. The standard InChI is InChI=1S/C13H17FN2O3/c1-4-8(2)9(3)15-13(17)11-7-10(14)5-6-12(11)16(18)19/h5-9H,4H2,1-3H3,(H,15,17). The number of nitrogens with one attached hydrogen (secondary N) is 1. The van der Waals surface area contributed by atoms with Gasteiger partial charge in [0.05, 0.1) is 4.92 Å². The molecule has 104 valence electrons. The van der Waals surface area contributed by atoms with E-state index in [9.17, 15) is 19.3 Å². The van der Waals surface area contributed by atoms with Crippen LogP contribution in [0.4, 0.5) is 10.1 Å². The first-order valence-corrected chi connectivity index (χ1v) is 6.11. The average Bonchev–Trinajstić information content (AvgIpc) is 2.36. The van der Waals surface area contributed by atoms with Crippen LogP contribution >= 0.6 is 0 Å². The van der Waals surface area contributed by atoms with Crippen LogP contribution in [0.2, 0.25) is 0 Å². The highest BCUT2D eigenvalue weighted by Crippen LogP contribution is 2.20. The predicted molar refractivity (Wildman–Crippen MR) is 69.4 cm³/mol. The van der Waals surface area contributed by atoms with Crippen molar-refractivity contribution in [3.63, 3.8) is 0 Å². The molecular formula is C13H17FN2O3. The molecule has 0 saturated heterocycles. The minimum absolute atomic E-state index is 0.139. The van der Waals surface area contributed by atoms with E-state index in [1.807, 2.05) is 20.8 Å². The Morgan fingerprint density at radius 1 is 1.47 bits per heavy atom. The highest BCUT2D eigenvalue weighted by molar-refractivity contribution is 5.98. The summed E-state index contributed by atoms with van der Waals surface area (Å²) in [6.45, 7) is 5.76. The van der Waals surface area contributed by atoms with Gasteiger partial charge in [0, 0.05) is 12.1 Å². The molecule has 0 aliphatic rings. The van der Waals surface area contributed by atoms with Crippen molar-refractivity contribution in [2.45, 2.75) is 33.2 Å². The lowest BCUT2D eigenvalue weighted by Crippen LogP contribution is -2.37. The molecule has 0 radical (unpaired) electrons. The second-order valence-corrected chi connectivity index (χ2v) is 4.57. The fourth-order valence-electron chi connectivity index (χ4n) is 1.63. The first kappa shape index (κ1) is 15.1. The Balaban J connectivity index is 2.99. The normalized spacial score (nSPS) is 13.7. The van der Waals surface area contributed by atoms with Gasteiger partial charge in [0.25, 0.3) is 11.6 Å². The van der Waals surface area contributed by atoms with Crippen molar-refractivity contribution < 1.29 is 14.1 Å². The van der Waals surface area contributed by atoms with Crippen LogP contribution in [0.15, 0.2) is 18.2 Å². The van der Waals surface area contributed by atoms with Gasteiger partial charge >= 0.3 is 0 Å². The molecule has 0 saturated carbocycles. The molecule has 1 amide bonds. The average molecular weight is 268 g/mol. The summed E-state index contributed by atoms with van der Waals surface area (Å²) in [7, 11) is 0. The van der Waals surface area contributed by atoms with E-state index in [4.69, 9.17) is 0 Å². The summed E-state index contributed by atoms with van der Waals surface area (Å²) in [6.07, 6.45) is 0.868. The van der Waals surface area contributed by atoms with E-state index in [1.54, 1.807) is 0 Å². The Bertz CT molecular complexity index is 491. The maximum absolute atomic E-state index is 13.1. The van der Waals surface area contributed by atoms with Crippen molar-refractivity contribution in [2.75, 3.05) is 0 Å². The molecule has 0 aliphatic carbocycles. The number of halogens is 1. The van der Waals surface area contributed by atoms with E-state index in [-0.39, 0.29) is 17.5 Å². The highest BCUT2D eigenvalue weighted by atomic mass is 19.1. The van der Waals surface area contributed by atoms with Crippen LogP contribution in [0, 0.1) is 21.8 Å². The predicted octanol–water partition coefficient (Wildman–Crippen LogP) is 2.90. The Kier molecular flexibility index (Phi) is 4.97. The summed E-state index contributed by atoms with van der Waals surface area (Å²) in [6, 6.07) is 2.71. The molecule has 1 aromatic carbocycles. The van der Waals surface area contributed by atoms with Crippen LogP contribution in [0.1, 0.15) is 37.6 Å². The van der Waals surface area contributed by atoms with E-state index >= 15 is 0 Å². The zero-order chi connectivity index (χ0) is 14.6. The van der Waals surface area contributed by atoms with E-state index < -0.39 is 22.3 Å². The van der Waals surface area contributed by atoms with Gasteiger partial charge in [-0.3, -0.25) is 14.9 Å². The molecule has 0 heterocycles. The van der Waals surface area contributed by atoms with Crippen LogP contribution in [-0.4, -0.2) is 16.9 Å². The van der Waals surface area contributed by atoms with Crippen LogP contribution in [0.3, 0.4) is 0 Å². The van der Waals surface area contributed by atoms with Crippen LogP contribution in [0.5, 0.6) is 0 Å². The van der Waals surface area contributed by atoms with Crippen LogP contribution in [-0.2, 0) is 0 Å². The molecule has 1 rings (SSSR count). The number of hydrogen-bond acceptors (Lipinski definition) is 3. The summed E-state index contributed by atoms with van der Waals surface area (Å²) in [5, 5.41) is 13.5. The van der Waals surface area contributed by atoms with Crippen molar-refractivity contribution >= 4 is 11.6 Å². The molecular weight excluding hydrogens is 251 g/mol. The Morgan fingerprint density at radius 2 is 2.11 bits per heavy atom. The maximum Gasteiger partial charge on any atom is 0.282 e. The van der Waals surface area contributed by atoms with Gasteiger partial charge in [-0.15, -0.1) is 0 Å². The smallest absolute Gasteiger partial charge is 0.282 e.